The Labute approximate surface area is 69.9 Å². The Bertz CT molecular complexity index is 198. The number of ether oxygens (including phenoxy) is 1. The van der Waals surface area contributed by atoms with Crippen LogP contribution in [0.2, 0.25) is 0 Å². The van der Waals surface area contributed by atoms with E-state index in [1.54, 1.807) is 0 Å². The number of carbonyl (C=O) groups is 2. The van der Waals surface area contributed by atoms with E-state index in [1.807, 2.05) is 0 Å². The van der Waals surface area contributed by atoms with Crippen molar-refractivity contribution in [3.05, 3.63) is 0 Å². The second-order valence-corrected chi connectivity index (χ2v) is 2.77. The van der Waals surface area contributed by atoms with Crippen molar-refractivity contribution in [1.29, 1.82) is 0 Å². The molecule has 1 saturated heterocycles. The molecule has 0 radical (unpaired) electrons. The monoisotopic (exact) mass is 173 g/mol. The maximum atomic E-state index is 11.0. The lowest BCUT2D eigenvalue weighted by Crippen LogP contribution is -2.54. The molecule has 0 atom stereocenters. The molecule has 1 aliphatic rings. The third-order valence-corrected chi connectivity index (χ3v) is 1.85. The van der Waals surface area contributed by atoms with Gasteiger partial charge in [-0.1, -0.05) is 0 Å². The number of methoxy groups -OCH3 is 1. The molecule has 0 spiro atoms. The van der Waals surface area contributed by atoms with Crippen LogP contribution in [0.1, 0.15) is 0 Å². The van der Waals surface area contributed by atoms with Crippen LogP contribution in [0.5, 0.6) is 0 Å². The van der Waals surface area contributed by atoms with E-state index < -0.39 is 5.97 Å². The molecule has 1 amide bonds. The molecular weight excluding hydrogens is 162 g/mol. The molecule has 0 bridgehead atoms. The second kappa shape index (κ2) is 3.53. The highest BCUT2D eigenvalue weighted by Gasteiger charge is 2.35. The second-order valence-electron chi connectivity index (χ2n) is 2.77. The summed E-state index contributed by atoms with van der Waals surface area (Å²) in [7, 11) is 1.44. The molecule has 1 rings (SSSR count). The first-order chi connectivity index (χ1) is 5.65. The van der Waals surface area contributed by atoms with Crippen molar-refractivity contribution >= 4 is 11.9 Å². The van der Waals surface area contributed by atoms with Crippen LogP contribution in [0.25, 0.3) is 0 Å². The topological polar surface area (TPSA) is 66.8 Å². The van der Waals surface area contributed by atoms with Crippen molar-refractivity contribution in [2.75, 3.05) is 26.8 Å². The summed E-state index contributed by atoms with van der Waals surface area (Å²) in [6.45, 7) is 0.668. The van der Waals surface area contributed by atoms with Gasteiger partial charge in [0.1, 0.15) is 6.61 Å². The molecule has 0 aromatic rings. The highest BCUT2D eigenvalue weighted by atomic mass is 16.5. The van der Waals surface area contributed by atoms with Crippen LogP contribution in [-0.2, 0) is 14.3 Å². The van der Waals surface area contributed by atoms with Gasteiger partial charge < -0.3 is 14.7 Å². The highest BCUT2D eigenvalue weighted by molar-refractivity contribution is 5.81. The molecule has 1 N–H and O–H groups in total. The van der Waals surface area contributed by atoms with Crippen molar-refractivity contribution in [3.63, 3.8) is 0 Å². The summed E-state index contributed by atoms with van der Waals surface area (Å²) in [5.74, 6) is -1.36. The number of carboxylic acid groups (broad SMARTS) is 1. The smallest absolute Gasteiger partial charge is 0.310 e. The van der Waals surface area contributed by atoms with Gasteiger partial charge in [0.25, 0.3) is 0 Å². The molecule has 5 nitrogen and oxygen atoms in total. The lowest BCUT2D eigenvalue weighted by molar-refractivity contribution is -0.154. The van der Waals surface area contributed by atoms with Crippen molar-refractivity contribution in [2.24, 2.45) is 5.92 Å². The van der Waals surface area contributed by atoms with Gasteiger partial charge in [0, 0.05) is 20.2 Å². The van der Waals surface area contributed by atoms with Gasteiger partial charge in [-0.3, -0.25) is 9.59 Å². The molecule has 1 aliphatic heterocycles. The molecule has 68 valence electrons. The molecular formula is C7H11NO4. The SMILES string of the molecule is COCC(=O)N1CC(C(=O)O)C1. The molecule has 12 heavy (non-hydrogen) atoms. The van der Waals surface area contributed by atoms with Crippen LogP contribution >= 0.6 is 0 Å². The summed E-state index contributed by atoms with van der Waals surface area (Å²) in [6.07, 6.45) is 0. The van der Waals surface area contributed by atoms with E-state index in [9.17, 15) is 9.59 Å². The number of hydrogen-bond donors (Lipinski definition) is 1. The largest absolute Gasteiger partial charge is 0.481 e. The maximum absolute atomic E-state index is 11.0. The van der Waals surface area contributed by atoms with E-state index in [-0.39, 0.29) is 18.4 Å². The quantitative estimate of drug-likeness (QED) is 0.605. The van der Waals surface area contributed by atoms with Gasteiger partial charge in [0.2, 0.25) is 5.91 Å². The van der Waals surface area contributed by atoms with Crippen molar-refractivity contribution in [3.8, 4) is 0 Å². The van der Waals surface area contributed by atoms with E-state index in [0.717, 1.165) is 0 Å². The number of carbonyl (C=O) groups excluding carboxylic acids is 1. The van der Waals surface area contributed by atoms with Crippen LogP contribution in [-0.4, -0.2) is 48.7 Å². The van der Waals surface area contributed by atoms with Gasteiger partial charge in [-0.2, -0.15) is 0 Å². The minimum Gasteiger partial charge on any atom is -0.481 e. The number of aliphatic carboxylic acids is 1. The minimum atomic E-state index is -0.837. The third-order valence-electron chi connectivity index (χ3n) is 1.85. The average molecular weight is 173 g/mol. The Morgan fingerprint density at radius 3 is 2.58 bits per heavy atom. The number of hydrogen-bond acceptors (Lipinski definition) is 3. The Hall–Kier alpha value is -1.10. The maximum Gasteiger partial charge on any atom is 0.310 e. The zero-order valence-electron chi connectivity index (χ0n) is 6.82. The first-order valence-corrected chi connectivity index (χ1v) is 3.64. The Morgan fingerprint density at radius 2 is 2.17 bits per heavy atom. The lowest BCUT2D eigenvalue weighted by Gasteiger charge is -2.36. The van der Waals surface area contributed by atoms with E-state index >= 15 is 0 Å². The van der Waals surface area contributed by atoms with E-state index in [1.165, 1.54) is 12.0 Å². The molecule has 0 saturated carbocycles. The van der Waals surface area contributed by atoms with Crippen LogP contribution in [0, 0.1) is 5.92 Å². The van der Waals surface area contributed by atoms with Gasteiger partial charge in [-0.05, 0) is 0 Å². The predicted octanol–water partition coefficient (Wildman–Crippen LogP) is -0.824. The highest BCUT2D eigenvalue weighted by Crippen LogP contribution is 2.15. The number of rotatable bonds is 3. The minimum absolute atomic E-state index is 0.0341. The molecule has 1 heterocycles. The number of carboxylic acids is 1. The third kappa shape index (κ3) is 1.73. The zero-order chi connectivity index (χ0) is 9.14. The molecule has 5 heteroatoms. The normalized spacial score (nSPS) is 17.2. The Balaban J connectivity index is 2.25. The van der Waals surface area contributed by atoms with E-state index in [4.69, 9.17) is 5.11 Å². The molecule has 1 fully saturated rings. The van der Waals surface area contributed by atoms with Crippen molar-refractivity contribution < 1.29 is 19.4 Å². The Kier molecular flexibility index (Phi) is 2.65. The molecule has 0 unspecified atom stereocenters. The summed E-state index contributed by atoms with van der Waals surface area (Å²) in [5.41, 5.74) is 0. The van der Waals surface area contributed by atoms with E-state index in [0.29, 0.717) is 13.1 Å². The standard InChI is InChI=1S/C7H11NO4/c1-12-4-6(9)8-2-5(3-8)7(10)11/h5H,2-4H2,1H3,(H,10,11). The van der Waals surface area contributed by atoms with Gasteiger partial charge in [0.05, 0.1) is 5.92 Å². The number of amides is 1. The Morgan fingerprint density at radius 1 is 1.58 bits per heavy atom. The summed E-state index contributed by atoms with van der Waals surface area (Å²) in [6, 6.07) is 0. The molecule has 0 aromatic heterocycles. The number of likely N-dealkylation sites (tertiary alicyclic amines) is 1. The summed E-state index contributed by atoms with van der Waals surface area (Å²) >= 11 is 0. The fourth-order valence-electron chi connectivity index (χ4n) is 1.05. The fraction of sp³-hybridized carbons (Fsp3) is 0.714. The average Bonchev–Trinajstić information content (AvgIpc) is 1.82. The predicted molar refractivity (Wildman–Crippen MR) is 39.6 cm³/mol. The van der Waals surface area contributed by atoms with E-state index in [2.05, 4.69) is 4.74 Å². The lowest BCUT2D eigenvalue weighted by atomic mass is 10.0. The van der Waals surface area contributed by atoms with Crippen LogP contribution in [0.3, 0.4) is 0 Å². The van der Waals surface area contributed by atoms with Crippen LogP contribution in [0.4, 0.5) is 0 Å². The first kappa shape index (κ1) is 8.99. The van der Waals surface area contributed by atoms with Gasteiger partial charge >= 0.3 is 5.97 Å². The van der Waals surface area contributed by atoms with Crippen LogP contribution in [0.15, 0.2) is 0 Å². The van der Waals surface area contributed by atoms with Gasteiger partial charge in [-0.15, -0.1) is 0 Å². The first-order valence-electron chi connectivity index (χ1n) is 3.64. The van der Waals surface area contributed by atoms with Crippen molar-refractivity contribution in [1.82, 2.24) is 4.90 Å². The summed E-state index contributed by atoms with van der Waals surface area (Å²) in [4.78, 5) is 22.8. The fourth-order valence-corrected chi connectivity index (χ4v) is 1.05. The summed E-state index contributed by atoms with van der Waals surface area (Å²) in [5, 5.41) is 8.49. The molecule has 0 aromatic carbocycles. The van der Waals surface area contributed by atoms with Crippen LogP contribution < -0.4 is 0 Å². The van der Waals surface area contributed by atoms with Gasteiger partial charge in [0.15, 0.2) is 0 Å². The van der Waals surface area contributed by atoms with Crippen molar-refractivity contribution in [2.45, 2.75) is 0 Å². The van der Waals surface area contributed by atoms with Gasteiger partial charge in [-0.25, -0.2) is 0 Å². The summed E-state index contributed by atoms with van der Waals surface area (Å²) < 4.78 is 4.62. The number of nitrogens with zero attached hydrogens (tertiary/aromatic N) is 1. The molecule has 0 aliphatic carbocycles. The zero-order valence-corrected chi connectivity index (χ0v) is 6.82.